The third-order valence-electron chi connectivity index (χ3n) is 2.96. The van der Waals surface area contributed by atoms with E-state index in [0.29, 0.717) is 11.7 Å². The van der Waals surface area contributed by atoms with Crippen LogP contribution in [0, 0.1) is 0 Å². The Morgan fingerprint density at radius 1 is 1.19 bits per heavy atom. The molecule has 1 aromatic rings. The molecule has 0 heterocycles. The molecule has 4 heteroatoms. The van der Waals surface area contributed by atoms with Gasteiger partial charge in [0, 0.05) is 0 Å². The van der Waals surface area contributed by atoms with E-state index in [4.69, 9.17) is 4.18 Å². The Balaban J connectivity index is 2.30. The molecule has 3 nitrogen and oxygen atoms in total. The van der Waals surface area contributed by atoms with Gasteiger partial charge in [0.1, 0.15) is 5.75 Å². The largest absolute Gasteiger partial charge is 0.382 e. The molecule has 0 amide bonds. The fraction of sp³-hybridized carbons (Fsp3) is 0.500. The van der Waals surface area contributed by atoms with Crippen LogP contribution in [0.4, 0.5) is 0 Å². The molecule has 1 aliphatic rings. The summed E-state index contributed by atoms with van der Waals surface area (Å²) >= 11 is 0. The maximum Gasteiger partial charge on any atom is 0.306 e. The van der Waals surface area contributed by atoms with Gasteiger partial charge in [-0.25, -0.2) is 0 Å². The first-order valence-electron chi connectivity index (χ1n) is 5.54. The van der Waals surface area contributed by atoms with E-state index in [-0.39, 0.29) is 0 Å². The molecule has 1 aromatic carbocycles. The highest BCUT2D eigenvalue weighted by molar-refractivity contribution is 7.86. The van der Waals surface area contributed by atoms with Crippen LogP contribution in [0.1, 0.15) is 37.2 Å². The van der Waals surface area contributed by atoms with Gasteiger partial charge in [-0.2, -0.15) is 8.42 Å². The molecular weight excluding hydrogens is 224 g/mol. The van der Waals surface area contributed by atoms with Crippen LogP contribution >= 0.6 is 0 Å². The Bertz CT molecular complexity index is 459. The summed E-state index contributed by atoms with van der Waals surface area (Å²) in [5, 5.41) is 0. The average Bonchev–Trinajstić information content (AvgIpc) is 2.69. The van der Waals surface area contributed by atoms with Crippen molar-refractivity contribution in [1.29, 1.82) is 0 Å². The van der Waals surface area contributed by atoms with E-state index < -0.39 is 10.1 Å². The minimum atomic E-state index is -3.43. The molecule has 2 rings (SSSR count). The highest BCUT2D eigenvalue weighted by Crippen LogP contribution is 2.38. The summed E-state index contributed by atoms with van der Waals surface area (Å²) in [6.45, 7) is 0. The van der Waals surface area contributed by atoms with Crippen molar-refractivity contribution in [1.82, 2.24) is 0 Å². The SMILES string of the molecule is CS(=O)(=O)Oc1ccccc1C1CCCC1. The lowest BCUT2D eigenvalue weighted by atomic mass is 9.97. The second kappa shape index (κ2) is 4.45. The van der Waals surface area contributed by atoms with Crippen molar-refractivity contribution in [3.05, 3.63) is 29.8 Å². The van der Waals surface area contributed by atoms with Gasteiger partial charge < -0.3 is 4.18 Å². The van der Waals surface area contributed by atoms with Gasteiger partial charge in [0.2, 0.25) is 0 Å². The maximum absolute atomic E-state index is 11.1. The first-order valence-corrected chi connectivity index (χ1v) is 7.36. The van der Waals surface area contributed by atoms with Crippen molar-refractivity contribution >= 4 is 10.1 Å². The van der Waals surface area contributed by atoms with Crippen molar-refractivity contribution in [3.63, 3.8) is 0 Å². The molecule has 0 bridgehead atoms. The second-order valence-electron chi connectivity index (χ2n) is 4.31. The molecule has 0 atom stereocenters. The first kappa shape index (κ1) is 11.5. The number of benzene rings is 1. The molecule has 0 aliphatic heterocycles. The van der Waals surface area contributed by atoms with Gasteiger partial charge in [-0.05, 0) is 30.4 Å². The second-order valence-corrected chi connectivity index (χ2v) is 5.88. The van der Waals surface area contributed by atoms with Crippen LogP contribution in [-0.4, -0.2) is 14.7 Å². The molecule has 0 radical (unpaired) electrons. The van der Waals surface area contributed by atoms with Crippen LogP contribution in [0.5, 0.6) is 5.75 Å². The zero-order valence-electron chi connectivity index (χ0n) is 9.35. The predicted octanol–water partition coefficient (Wildman–Crippen LogP) is 2.68. The third-order valence-corrected chi connectivity index (χ3v) is 3.44. The number of rotatable bonds is 3. The van der Waals surface area contributed by atoms with Crippen LogP contribution in [0.3, 0.4) is 0 Å². The Kier molecular flexibility index (Phi) is 3.19. The van der Waals surface area contributed by atoms with Gasteiger partial charge in [0.25, 0.3) is 0 Å². The lowest BCUT2D eigenvalue weighted by Gasteiger charge is -2.14. The van der Waals surface area contributed by atoms with Crippen molar-refractivity contribution in [2.75, 3.05) is 6.26 Å². The van der Waals surface area contributed by atoms with E-state index in [1.54, 1.807) is 12.1 Å². The van der Waals surface area contributed by atoms with Gasteiger partial charge in [-0.15, -0.1) is 0 Å². The topological polar surface area (TPSA) is 43.4 Å². The van der Waals surface area contributed by atoms with Gasteiger partial charge >= 0.3 is 10.1 Å². The number of para-hydroxylation sites is 1. The van der Waals surface area contributed by atoms with Crippen LogP contribution in [-0.2, 0) is 10.1 Å². The summed E-state index contributed by atoms with van der Waals surface area (Å²) in [7, 11) is -3.43. The van der Waals surface area contributed by atoms with E-state index in [0.717, 1.165) is 24.7 Å². The molecule has 0 unspecified atom stereocenters. The Morgan fingerprint density at radius 3 is 2.44 bits per heavy atom. The summed E-state index contributed by atoms with van der Waals surface area (Å²) in [4.78, 5) is 0. The van der Waals surface area contributed by atoms with Gasteiger partial charge in [0.15, 0.2) is 0 Å². The Morgan fingerprint density at radius 2 is 1.81 bits per heavy atom. The standard InChI is InChI=1S/C12H16O3S/c1-16(13,14)15-12-9-5-4-8-11(12)10-6-2-3-7-10/h4-5,8-10H,2-3,6-7H2,1H3. The monoisotopic (exact) mass is 240 g/mol. The molecule has 1 aliphatic carbocycles. The van der Waals surface area contributed by atoms with E-state index >= 15 is 0 Å². The van der Waals surface area contributed by atoms with Crippen molar-refractivity contribution < 1.29 is 12.6 Å². The summed E-state index contributed by atoms with van der Waals surface area (Å²) in [5.74, 6) is 0.954. The summed E-state index contributed by atoms with van der Waals surface area (Å²) in [6.07, 6.45) is 5.78. The molecule has 88 valence electrons. The van der Waals surface area contributed by atoms with E-state index in [1.165, 1.54) is 12.8 Å². The average molecular weight is 240 g/mol. The minimum absolute atomic E-state index is 0.456. The molecule has 0 aromatic heterocycles. The maximum atomic E-state index is 11.1. The smallest absolute Gasteiger partial charge is 0.306 e. The fourth-order valence-electron chi connectivity index (χ4n) is 2.29. The zero-order chi connectivity index (χ0) is 11.6. The third kappa shape index (κ3) is 2.76. The molecule has 0 saturated heterocycles. The number of hydrogen-bond donors (Lipinski definition) is 0. The van der Waals surface area contributed by atoms with Gasteiger partial charge in [-0.1, -0.05) is 31.0 Å². The van der Waals surface area contributed by atoms with Crippen molar-refractivity contribution in [2.24, 2.45) is 0 Å². The van der Waals surface area contributed by atoms with Crippen LogP contribution in [0.2, 0.25) is 0 Å². The Hall–Kier alpha value is -1.03. The van der Waals surface area contributed by atoms with E-state index in [1.807, 2.05) is 12.1 Å². The van der Waals surface area contributed by atoms with Crippen LogP contribution < -0.4 is 4.18 Å². The van der Waals surface area contributed by atoms with Crippen LogP contribution in [0.15, 0.2) is 24.3 Å². The predicted molar refractivity (Wildman–Crippen MR) is 63.1 cm³/mol. The fourth-order valence-corrected chi connectivity index (χ4v) is 2.77. The molecule has 1 fully saturated rings. The molecule has 0 N–H and O–H groups in total. The zero-order valence-corrected chi connectivity index (χ0v) is 10.2. The minimum Gasteiger partial charge on any atom is -0.382 e. The molecule has 0 spiro atoms. The van der Waals surface area contributed by atoms with E-state index in [9.17, 15) is 8.42 Å². The van der Waals surface area contributed by atoms with Gasteiger partial charge in [-0.3, -0.25) is 0 Å². The van der Waals surface area contributed by atoms with Crippen molar-refractivity contribution in [2.45, 2.75) is 31.6 Å². The first-order chi connectivity index (χ1) is 7.56. The highest BCUT2D eigenvalue weighted by Gasteiger charge is 2.21. The summed E-state index contributed by atoms with van der Waals surface area (Å²) in [6, 6.07) is 7.44. The highest BCUT2D eigenvalue weighted by atomic mass is 32.2. The number of hydrogen-bond acceptors (Lipinski definition) is 3. The quantitative estimate of drug-likeness (QED) is 0.763. The van der Waals surface area contributed by atoms with Crippen molar-refractivity contribution in [3.8, 4) is 5.75 Å². The molecule has 16 heavy (non-hydrogen) atoms. The molecular formula is C12H16O3S. The van der Waals surface area contributed by atoms with Gasteiger partial charge in [0.05, 0.1) is 6.26 Å². The summed E-state index contributed by atoms with van der Waals surface area (Å²) in [5.41, 5.74) is 1.03. The molecule has 1 saturated carbocycles. The van der Waals surface area contributed by atoms with Crippen LogP contribution in [0.25, 0.3) is 0 Å². The lowest BCUT2D eigenvalue weighted by molar-refractivity contribution is 0.486. The van der Waals surface area contributed by atoms with E-state index in [2.05, 4.69) is 0 Å². The summed E-state index contributed by atoms with van der Waals surface area (Å²) < 4.78 is 27.3. The Labute approximate surface area is 96.6 Å². The normalized spacial score (nSPS) is 17.6. The lowest BCUT2D eigenvalue weighted by Crippen LogP contribution is -2.08.